The molecular formula is C20H29NO2. The van der Waals surface area contributed by atoms with Gasteiger partial charge in [0.2, 0.25) is 0 Å². The number of furan rings is 1. The molecule has 1 aromatic heterocycles. The van der Waals surface area contributed by atoms with E-state index in [2.05, 4.69) is 57.3 Å². The van der Waals surface area contributed by atoms with Crippen LogP contribution in [-0.4, -0.2) is 12.6 Å². The maximum absolute atomic E-state index is 5.73. The van der Waals surface area contributed by atoms with Gasteiger partial charge in [0.15, 0.2) is 0 Å². The first-order valence-corrected chi connectivity index (χ1v) is 8.56. The van der Waals surface area contributed by atoms with E-state index in [1.165, 1.54) is 5.56 Å². The van der Waals surface area contributed by atoms with Crippen LogP contribution in [0.5, 0.6) is 5.75 Å². The molecule has 1 heterocycles. The summed E-state index contributed by atoms with van der Waals surface area (Å²) in [6.07, 6.45) is 3.05. The predicted octanol–water partition coefficient (Wildman–Crippen LogP) is 4.99. The monoisotopic (exact) mass is 315 g/mol. The maximum Gasteiger partial charge on any atom is 0.119 e. The Morgan fingerprint density at radius 2 is 1.78 bits per heavy atom. The van der Waals surface area contributed by atoms with E-state index in [1.807, 2.05) is 12.1 Å². The van der Waals surface area contributed by atoms with Crippen molar-refractivity contribution in [1.82, 2.24) is 5.32 Å². The summed E-state index contributed by atoms with van der Waals surface area (Å²) in [5.41, 5.74) is 1.39. The van der Waals surface area contributed by atoms with Crippen LogP contribution in [0.4, 0.5) is 0 Å². The molecule has 3 heteroatoms. The molecule has 1 aromatic carbocycles. The number of benzene rings is 1. The third-order valence-corrected chi connectivity index (χ3v) is 4.00. The second-order valence-electron chi connectivity index (χ2n) is 6.63. The summed E-state index contributed by atoms with van der Waals surface area (Å²) >= 11 is 0. The second kappa shape index (κ2) is 8.78. The molecule has 1 atom stereocenters. The van der Waals surface area contributed by atoms with Crippen LogP contribution >= 0.6 is 0 Å². The summed E-state index contributed by atoms with van der Waals surface area (Å²) in [6, 6.07) is 12.5. The lowest BCUT2D eigenvalue weighted by Gasteiger charge is -2.22. The van der Waals surface area contributed by atoms with Gasteiger partial charge in [0.05, 0.1) is 18.9 Å². The average molecular weight is 315 g/mol. The maximum atomic E-state index is 5.73. The predicted molar refractivity (Wildman–Crippen MR) is 94.8 cm³/mol. The minimum Gasteiger partial charge on any atom is -0.491 e. The molecule has 1 N–H and O–H groups in total. The van der Waals surface area contributed by atoms with Gasteiger partial charge in [0.25, 0.3) is 0 Å². The largest absolute Gasteiger partial charge is 0.491 e. The molecule has 0 amide bonds. The zero-order valence-corrected chi connectivity index (χ0v) is 14.7. The summed E-state index contributed by atoms with van der Waals surface area (Å²) in [7, 11) is 0. The van der Waals surface area contributed by atoms with Crippen molar-refractivity contribution in [3.8, 4) is 5.75 Å². The van der Waals surface area contributed by atoms with Crippen molar-refractivity contribution >= 4 is 0 Å². The molecule has 3 nitrogen and oxygen atoms in total. The lowest BCUT2D eigenvalue weighted by molar-refractivity contribution is 0.242. The van der Waals surface area contributed by atoms with Crippen molar-refractivity contribution in [3.05, 3.63) is 54.0 Å². The fourth-order valence-corrected chi connectivity index (χ4v) is 2.83. The van der Waals surface area contributed by atoms with Gasteiger partial charge in [-0.05, 0) is 68.5 Å². The van der Waals surface area contributed by atoms with E-state index in [9.17, 15) is 0 Å². The molecule has 126 valence electrons. The molecule has 0 spiro atoms. The molecule has 0 saturated heterocycles. The molecule has 0 aliphatic carbocycles. The van der Waals surface area contributed by atoms with Gasteiger partial charge < -0.3 is 14.5 Å². The lowest BCUT2D eigenvalue weighted by Crippen LogP contribution is -2.19. The standard InChI is InChI=1S/C20H29NO2/c1-15(2)20(11-12-21-14-19-6-5-13-22-19)17-7-9-18(10-8-17)23-16(3)4/h5-10,13,15-16,20-21H,11-12,14H2,1-4H3. The number of ether oxygens (including phenoxy) is 1. The van der Waals surface area contributed by atoms with Crippen LogP contribution in [0.1, 0.15) is 51.4 Å². The Bertz CT molecular complexity index is 544. The summed E-state index contributed by atoms with van der Waals surface area (Å²) in [5.74, 6) is 3.09. The fraction of sp³-hybridized carbons (Fsp3) is 0.500. The Labute approximate surface area is 140 Å². The number of nitrogens with one attached hydrogen (secondary N) is 1. The summed E-state index contributed by atoms with van der Waals surface area (Å²) in [4.78, 5) is 0. The van der Waals surface area contributed by atoms with Gasteiger partial charge in [0, 0.05) is 0 Å². The van der Waals surface area contributed by atoms with E-state index in [1.54, 1.807) is 6.26 Å². The van der Waals surface area contributed by atoms with Crippen LogP contribution in [0.15, 0.2) is 47.1 Å². The highest BCUT2D eigenvalue weighted by Gasteiger charge is 2.15. The number of hydrogen-bond acceptors (Lipinski definition) is 3. The zero-order valence-electron chi connectivity index (χ0n) is 14.7. The minimum absolute atomic E-state index is 0.215. The van der Waals surface area contributed by atoms with Crippen molar-refractivity contribution < 1.29 is 9.15 Å². The third-order valence-electron chi connectivity index (χ3n) is 4.00. The topological polar surface area (TPSA) is 34.4 Å². The molecule has 2 rings (SSSR count). The first-order valence-electron chi connectivity index (χ1n) is 8.56. The van der Waals surface area contributed by atoms with E-state index >= 15 is 0 Å². The zero-order chi connectivity index (χ0) is 16.7. The first-order chi connectivity index (χ1) is 11.1. The average Bonchev–Trinajstić information content (AvgIpc) is 3.01. The van der Waals surface area contributed by atoms with Gasteiger partial charge >= 0.3 is 0 Å². The summed E-state index contributed by atoms with van der Waals surface area (Å²) in [6.45, 7) is 10.4. The van der Waals surface area contributed by atoms with Crippen molar-refractivity contribution in [2.45, 2.75) is 52.7 Å². The third kappa shape index (κ3) is 5.76. The van der Waals surface area contributed by atoms with E-state index in [-0.39, 0.29) is 6.10 Å². The smallest absolute Gasteiger partial charge is 0.119 e. The number of hydrogen-bond donors (Lipinski definition) is 1. The highest BCUT2D eigenvalue weighted by atomic mass is 16.5. The van der Waals surface area contributed by atoms with Gasteiger partial charge in [-0.1, -0.05) is 26.0 Å². The molecule has 0 bridgehead atoms. The second-order valence-corrected chi connectivity index (χ2v) is 6.63. The Kier molecular flexibility index (Phi) is 6.72. The Balaban J connectivity index is 1.87. The molecule has 0 saturated carbocycles. The van der Waals surface area contributed by atoms with Crippen LogP contribution < -0.4 is 10.1 Å². The molecule has 0 aliphatic heterocycles. The van der Waals surface area contributed by atoms with E-state index in [0.717, 1.165) is 31.0 Å². The molecule has 1 unspecified atom stereocenters. The summed E-state index contributed by atoms with van der Waals surface area (Å²) in [5, 5.41) is 3.46. The van der Waals surface area contributed by atoms with E-state index in [0.29, 0.717) is 11.8 Å². The molecule has 0 fully saturated rings. The van der Waals surface area contributed by atoms with Gasteiger partial charge in [-0.3, -0.25) is 0 Å². The van der Waals surface area contributed by atoms with Crippen LogP contribution in [0, 0.1) is 5.92 Å². The lowest BCUT2D eigenvalue weighted by atomic mass is 9.86. The molecular weight excluding hydrogens is 286 g/mol. The van der Waals surface area contributed by atoms with E-state index in [4.69, 9.17) is 9.15 Å². The Morgan fingerprint density at radius 3 is 2.35 bits per heavy atom. The normalized spacial score (nSPS) is 12.8. The van der Waals surface area contributed by atoms with Crippen LogP contribution in [0.2, 0.25) is 0 Å². The van der Waals surface area contributed by atoms with Gasteiger partial charge in [-0.2, -0.15) is 0 Å². The van der Waals surface area contributed by atoms with Crippen molar-refractivity contribution in [1.29, 1.82) is 0 Å². The minimum atomic E-state index is 0.215. The molecule has 23 heavy (non-hydrogen) atoms. The number of rotatable bonds is 9. The SMILES string of the molecule is CC(C)Oc1ccc(C(CCNCc2ccco2)C(C)C)cc1. The van der Waals surface area contributed by atoms with Crippen molar-refractivity contribution in [2.75, 3.05) is 6.54 Å². The molecule has 2 aromatic rings. The van der Waals surface area contributed by atoms with Crippen LogP contribution in [0.25, 0.3) is 0 Å². The fourth-order valence-electron chi connectivity index (χ4n) is 2.83. The van der Waals surface area contributed by atoms with Crippen LogP contribution in [-0.2, 0) is 6.54 Å². The highest BCUT2D eigenvalue weighted by molar-refractivity contribution is 5.30. The van der Waals surface area contributed by atoms with Crippen LogP contribution in [0.3, 0.4) is 0 Å². The highest BCUT2D eigenvalue weighted by Crippen LogP contribution is 2.29. The molecule has 0 aliphatic rings. The Hall–Kier alpha value is -1.74. The van der Waals surface area contributed by atoms with Gasteiger partial charge in [0.1, 0.15) is 11.5 Å². The summed E-state index contributed by atoms with van der Waals surface area (Å²) < 4.78 is 11.1. The van der Waals surface area contributed by atoms with Gasteiger partial charge in [-0.15, -0.1) is 0 Å². The molecule has 0 radical (unpaired) electrons. The first kappa shape index (κ1) is 17.6. The van der Waals surface area contributed by atoms with E-state index < -0.39 is 0 Å². The van der Waals surface area contributed by atoms with Crippen molar-refractivity contribution in [3.63, 3.8) is 0 Å². The van der Waals surface area contributed by atoms with Gasteiger partial charge in [-0.25, -0.2) is 0 Å². The quantitative estimate of drug-likeness (QED) is 0.662. The van der Waals surface area contributed by atoms with Crippen molar-refractivity contribution in [2.24, 2.45) is 5.92 Å². The Morgan fingerprint density at radius 1 is 1.04 bits per heavy atom.